The number of aryl methyl sites for hydroxylation is 1. The summed E-state index contributed by atoms with van der Waals surface area (Å²) >= 11 is 0. The van der Waals surface area contributed by atoms with Gasteiger partial charge in [-0.1, -0.05) is 0 Å². The number of pyridine rings is 1. The Hall–Kier alpha value is -1.25. The molecule has 0 bridgehead atoms. The van der Waals surface area contributed by atoms with Gasteiger partial charge in [-0.3, -0.25) is 4.98 Å². The summed E-state index contributed by atoms with van der Waals surface area (Å²) in [7, 11) is 1.65. The lowest BCUT2D eigenvalue weighted by Crippen LogP contribution is -1.99. The van der Waals surface area contributed by atoms with Crippen LogP contribution in [0.4, 0.5) is 0 Å². The highest BCUT2D eigenvalue weighted by Crippen LogP contribution is 2.32. The Morgan fingerprint density at radius 1 is 1.38 bits per heavy atom. The van der Waals surface area contributed by atoms with Crippen LogP contribution in [-0.2, 0) is 0 Å². The maximum absolute atomic E-state index is 5.61. The Bertz CT molecular complexity index is 308. The van der Waals surface area contributed by atoms with Crippen molar-refractivity contribution in [1.82, 2.24) is 4.98 Å². The number of methoxy groups -OCH3 is 1. The topological polar surface area (TPSA) is 31.4 Å². The molecule has 1 heterocycles. The predicted molar refractivity (Wildman–Crippen MR) is 49.2 cm³/mol. The Balaban J connectivity index is 2.21. The standard InChI is InChI=1S/C10H13NO2/c1-7-5-9(12-2)10(6-11-7)13-8-3-4-8/h5-6,8H,3-4H2,1-2H3. The molecule has 3 heteroatoms. The fraction of sp³-hybridized carbons (Fsp3) is 0.500. The first-order valence-corrected chi connectivity index (χ1v) is 4.47. The van der Waals surface area contributed by atoms with E-state index in [2.05, 4.69) is 4.98 Å². The zero-order valence-electron chi connectivity index (χ0n) is 7.91. The molecule has 0 atom stereocenters. The lowest BCUT2D eigenvalue weighted by Gasteiger charge is -2.09. The normalized spacial score (nSPS) is 15.5. The molecular weight excluding hydrogens is 166 g/mol. The van der Waals surface area contributed by atoms with Gasteiger partial charge in [-0.05, 0) is 19.8 Å². The summed E-state index contributed by atoms with van der Waals surface area (Å²) in [6.45, 7) is 1.93. The molecule has 0 amide bonds. The Morgan fingerprint density at radius 2 is 2.15 bits per heavy atom. The summed E-state index contributed by atoms with van der Waals surface area (Å²) in [5.41, 5.74) is 0.944. The van der Waals surface area contributed by atoms with Gasteiger partial charge in [0.05, 0.1) is 19.4 Å². The van der Waals surface area contributed by atoms with E-state index in [0.29, 0.717) is 6.10 Å². The van der Waals surface area contributed by atoms with E-state index in [-0.39, 0.29) is 0 Å². The molecule has 2 rings (SSSR count). The first kappa shape index (κ1) is 8.35. The molecule has 0 saturated heterocycles. The van der Waals surface area contributed by atoms with Crippen LogP contribution in [0, 0.1) is 6.92 Å². The van der Waals surface area contributed by atoms with Crippen molar-refractivity contribution in [3.8, 4) is 11.5 Å². The van der Waals surface area contributed by atoms with Gasteiger partial charge >= 0.3 is 0 Å². The lowest BCUT2D eigenvalue weighted by molar-refractivity contribution is 0.280. The number of rotatable bonds is 3. The molecule has 70 valence electrons. The minimum absolute atomic E-state index is 0.387. The third-order valence-corrected chi connectivity index (χ3v) is 2.01. The van der Waals surface area contributed by atoms with Crippen molar-refractivity contribution in [2.45, 2.75) is 25.9 Å². The fourth-order valence-corrected chi connectivity index (χ4v) is 1.14. The molecule has 1 aliphatic rings. The molecule has 1 fully saturated rings. The Labute approximate surface area is 77.7 Å². The molecule has 0 aliphatic heterocycles. The van der Waals surface area contributed by atoms with Gasteiger partial charge in [-0.25, -0.2) is 0 Å². The van der Waals surface area contributed by atoms with Crippen LogP contribution in [-0.4, -0.2) is 18.2 Å². The quantitative estimate of drug-likeness (QED) is 0.710. The summed E-state index contributed by atoms with van der Waals surface area (Å²) in [5, 5.41) is 0. The zero-order chi connectivity index (χ0) is 9.26. The van der Waals surface area contributed by atoms with E-state index in [1.165, 1.54) is 0 Å². The van der Waals surface area contributed by atoms with Crippen molar-refractivity contribution >= 4 is 0 Å². The molecule has 1 aromatic heterocycles. The van der Waals surface area contributed by atoms with Crippen LogP contribution in [0.15, 0.2) is 12.3 Å². The van der Waals surface area contributed by atoms with Crippen molar-refractivity contribution in [2.24, 2.45) is 0 Å². The Morgan fingerprint density at radius 3 is 2.77 bits per heavy atom. The van der Waals surface area contributed by atoms with E-state index in [4.69, 9.17) is 9.47 Å². The van der Waals surface area contributed by atoms with Crippen LogP contribution < -0.4 is 9.47 Å². The predicted octanol–water partition coefficient (Wildman–Crippen LogP) is 1.94. The summed E-state index contributed by atoms with van der Waals surface area (Å²) in [5.74, 6) is 1.54. The fourth-order valence-electron chi connectivity index (χ4n) is 1.14. The first-order valence-electron chi connectivity index (χ1n) is 4.47. The van der Waals surface area contributed by atoms with Gasteiger partial charge in [-0.2, -0.15) is 0 Å². The smallest absolute Gasteiger partial charge is 0.179 e. The second-order valence-electron chi connectivity index (χ2n) is 3.29. The van der Waals surface area contributed by atoms with Crippen molar-refractivity contribution < 1.29 is 9.47 Å². The number of ether oxygens (including phenoxy) is 2. The van der Waals surface area contributed by atoms with E-state index >= 15 is 0 Å². The van der Waals surface area contributed by atoms with Crippen LogP contribution in [0.25, 0.3) is 0 Å². The van der Waals surface area contributed by atoms with Gasteiger partial charge in [0.15, 0.2) is 11.5 Å². The number of hydrogen-bond acceptors (Lipinski definition) is 3. The molecule has 1 aliphatic carbocycles. The van der Waals surface area contributed by atoms with Crippen molar-refractivity contribution in [3.63, 3.8) is 0 Å². The van der Waals surface area contributed by atoms with Gasteiger partial charge in [0.25, 0.3) is 0 Å². The second-order valence-corrected chi connectivity index (χ2v) is 3.29. The molecule has 0 radical (unpaired) electrons. The summed E-state index contributed by atoms with van der Waals surface area (Å²) < 4.78 is 10.8. The molecule has 1 saturated carbocycles. The third kappa shape index (κ3) is 1.91. The van der Waals surface area contributed by atoms with Crippen LogP contribution in [0.5, 0.6) is 11.5 Å². The lowest BCUT2D eigenvalue weighted by atomic mass is 10.3. The maximum Gasteiger partial charge on any atom is 0.179 e. The number of aromatic nitrogens is 1. The maximum atomic E-state index is 5.61. The molecule has 3 nitrogen and oxygen atoms in total. The van der Waals surface area contributed by atoms with Crippen LogP contribution in [0.3, 0.4) is 0 Å². The van der Waals surface area contributed by atoms with Crippen molar-refractivity contribution in [3.05, 3.63) is 18.0 Å². The van der Waals surface area contributed by atoms with Gasteiger partial charge in [-0.15, -0.1) is 0 Å². The summed E-state index contributed by atoms with van der Waals surface area (Å²) in [6, 6.07) is 1.89. The van der Waals surface area contributed by atoms with E-state index in [1.54, 1.807) is 13.3 Å². The van der Waals surface area contributed by atoms with Gasteiger partial charge in [0.1, 0.15) is 0 Å². The molecule has 1 aromatic rings. The molecule has 0 spiro atoms. The van der Waals surface area contributed by atoms with Crippen LogP contribution in [0.2, 0.25) is 0 Å². The molecule has 0 unspecified atom stereocenters. The zero-order valence-corrected chi connectivity index (χ0v) is 7.91. The molecular formula is C10H13NO2. The van der Waals surface area contributed by atoms with E-state index in [0.717, 1.165) is 30.0 Å². The highest BCUT2D eigenvalue weighted by atomic mass is 16.5. The summed E-state index contributed by atoms with van der Waals surface area (Å²) in [6.07, 6.45) is 4.42. The monoisotopic (exact) mass is 179 g/mol. The first-order chi connectivity index (χ1) is 6.29. The minimum atomic E-state index is 0.387. The van der Waals surface area contributed by atoms with Gasteiger partial charge < -0.3 is 9.47 Å². The van der Waals surface area contributed by atoms with Crippen LogP contribution >= 0.6 is 0 Å². The average molecular weight is 179 g/mol. The minimum Gasteiger partial charge on any atom is -0.493 e. The average Bonchev–Trinajstić information content (AvgIpc) is 2.92. The van der Waals surface area contributed by atoms with E-state index in [9.17, 15) is 0 Å². The molecule has 13 heavy (non-hydrogen) atoms. The number of nitrogens with zero attached hydrogens (tertiary/aromatic N) is 1. The van der Waals surface area contributed by atoms with E-state index < -0.39 is 0 Å². The van der Waals surface area contributed by atoms with Gasteiger partial charge in [0.2, 0.25) is 0 Å². The van der Waals surface area contributed by atoms with E-state index in [1.807, 2.05) is 13.0 Å². The van der Waals surface area contributed by atoms with Crippen LogP contribution in [0.1, 0.15) is 18.5 Å². The molecule has 0 N–H and O–H groups in total. The van der Waals surface area contributed by atoms with Crippen molar-refractivity contribution in [2.75, 3.05) is 7.11 Å². The number of hydrogen-bond donors (Lipinski definition) is 0. The third-order valence-electron chi connectivity index (χ3n) is 2.01. The molecule has 0 aromatic carbocycles. The highest BCUT2D eigenvalue weighted by molar-refractivity contribution is 5.39. The summed E-state index contributed by atoms with van der Waals surface area (Å²) in [4.78, 5) is 4.16. The largest absolute Gasteiger partial charge is 0.493 e. The highest BCUT2D eigenvalue weighted by Gasteiger charge is 2.24. The van der Waals surface area contributed by atoms with Crippen molar-refractivity contribution in [1.29, 1.82) is 0 Å². The Kier molecular flexibility index (Phi) is 2.08. The van der Waals surface area contributed by atoms with Gasteiger partial charge in [0, 0.05) is 11.8 Å². The second kappa shape index (κ2) is 3.24. The SMILES string of the molecule is COc1cc(C)ncc1OC1CC1.